The van der Waals surface area contributed by atoms with Gasteiger partial charge >= 0.3 is 0 Å². The second kappa shape index (κ2) is 7.97. The van der Waals surface area contributed by atoms with Gasteiger partial charge in [0, 0.05) is 12.6 Å². The van der Waals surface area contributed by atoms with Crippen molar-refractivity contribution in [3.63, 3.8) is 0 Å². The highest BCUT2D eigenvalue weighted by Crippen LogP contribution is 2.07. The van der Waals surface area contributed by atoms with E-state index >= 15 is 0 Å². The first-order valence-electron chi connectivity index (χ1n) is 4.92. The molecule has 1 heterocycles. The molecule has 0 bridgehead atoms. The molecule has 0 spiro atoms. The number of rotatable bonds is 6. The summed E-state index contributed by atoms with van der Waals surface area (Å²) in [4.78, 5) is 11.3. The highest BCUT2D eigenvalue weighted by Gasteiger charge is 2.07. The quantitative estimate of drug-likeness (QED) is 0.815. The number of nitrogens with zero attached hydrogens (tertiary/aromatic N) is 2. The number of nitrogens with two attached hydrogens (primary N) is 1. The van der Waals surface area contributed by atoms with Crippen LogP contribution in [0.3, 0.4) is 0 Å². The third kappa shape index (κ3) is 6.18. The molecule has 0 aliphatic carbocycles. The molecule has 5 nitrogen and oxygen atoms in total. The second-order valence-corrected chi connectivity index (χ2v) is 3.28. The van der Waals surface area contributed by atoms with Gasteiger partial charge in [-0.15, -0.1) is 12.4 Å². The summed E-state index contributed by atoms with van der Waals surface area (Å²) in [5.74, 6) is -0.193. The number of halogens is 3. The number of aromatic nitrogens is 2. The van der Waals surface area contributed by atoms with Gasteiger partial charge in [-0.25, -0.2) is 8.78 Å². The zero-order valence-corrected chi connectivity index (χ0v) is 9.92. The lowest BCUT2D eigenvalue weighted by Crippen LogP contribution is -2.13. The fourth-order valence-corrected chi connectivity index (χ4v) is 1.16. The molecule has 0 atom stereocenters. The highest BCUT2D eigenvalue weighted by atomic mass is 35.5. The van der Waals surface area contributed by atoms with E-state index in [4.69, 9.17) is 5.73 Å². The van der Waals surface area contributed by atoms with Crippen molar-refractivity contribution in [2.24, 2.45) is 5.73 Å². The smallest absolute Gasteiger partial charge is 0.257 e. The Hall–Kier alpha value is -1.21. The van der Waals surface area contributed by atoms with Gasteiger partial charge in [0.25, 0.3) is 6.43 Å². The third-order valence-corrected chi connectivity index (χ3v) is 1.85. The van der Waals surface area contributed by atoms with Crippen LogP contribution in [0.5, 0.6) is 0 Å². The van der Waals surface area contributed by atoms with Crippen molar-refractivity contribution in [1.29, 1.82) is 0 Å². The van der Waals surface area contributed by atoms with Gasteiger partial charge in [0.1, 0.15) is 6.54 Å². The van der Waals surface area contributed by atoms with Crippen LogP contribution in [0.15, 0.2) is 12.4 Å². The molecule has 17 heavy (non-hydrogen) atoms. The van der Waals surface area contributed by atoms with Crippen molar-refractivity contribution in [2.45, 2.75) is 25.8 Å². The molecule has 3 N–H and O–H groups in total. The van der Waals surface area contributed by atoms with Gasteiger partial charge < -0.3 is 11.1 Å². The molecule has 0 saturated carbocycles. The minimum Gasteiger partial charge on any atom is -0.330 e. The van der Waals surface area contributed by atoms with Gasteiger partial charge in [-0.3, -0.25) is 9.48 Å². The van der Waals surface area contributed by atoms with Gasteiger partial charge in [-0.05, 0) is 13.0 Å². The largest absolute Gasteiger partial charge is 0.330 e. The number of carbonyl (C=O) groups is 1. The maximum Gasteiger partial charge on any atom is 0.257 e. The van der Waals surface area contributed by atoms with E-state index in [-0.39, 0.29) is 18.3 Å². The van der Waals surface area contributed by atoms with Gasteiger partial charge in [-0.1, -0.05) is 0 Å². The van der Waals surface area contributed by atoms with E-state index in [1.807, 2.05) is 0 Å². The van der Waals surface area contributed by atoms with Crippen LogP contribution in [0.4, 0.5) is 14.5 Å². The Morgan fingerprint density at radius 2 is 2.29 bits per heavy atom. The molecule has 0 fully saturated rings. The zero-order valence-electron chi connectivity index (χ0n) is 9.10. The third-order valence-electron chi connectivity index (χ3n) is 1.85. The lowest BCUT2D eigenvalue weighted by atomic mass is 10.3. The van der Waals surface area contributed by atoms with E-state index in [2.05, 4.69) is 10.4 Å². The van der Waals surface area contributed by atoms with Crippen LogP contribution in [-0.4, -0.2) is 28.7 Å². The SMILES string of the molecule is Cl.NCCCC(=O)Nc1cnn(CC(F)F)c1. The Kier molecular flexibility index (Phi) is 7.40. The zero-order chi connectivity index (χ0) is 12.0. The molecular formula is C9H15ClF2N4O. The summed E-state index contributed by atoms with van der Waals surface area (Å²) < 4.78 is 25.1. The van der Waals surface area contributed by atoms with Crippen LogP contribution >= 0.6 is 12.4 Å². The van der Waals surface area contributed by atoms with Gasteiger partial charge in [-0.2, -0.15) is 5.10 Å². The molecule has 0 unspecified atom stereocenters. The molecule has 0 radical (unpaired) electrons. The summed E-state index contributed by atoms with van der Waals surface area (Å²) >= 11 is 0. The van der Waals surface area contributed by atoms with Crippen molar-refractivity contribution >= 4 is 24.0 Å². The van der Waals surface area contributed by atoms with Crippen molar-refractivity contribution in [3.05, 3.63) is 12.4 Å². The van der Waals surface area contributed by atoms with E-state index in [0.717, 1.165) is 4.68 Å². The fourth-order valence-electron chi connectivity index (χ4n) is 1.16. The van der Waals surface area contributed by atoms with Gasteiger partial charge in [0.05, 0.1) is 11.9 Å². The number of carbonyl (C=O) groups excluding carboxylic acids is 1. The maximum atomic E-state index is 12.0. The van der Waals surface area contributed by atoms with E-state index in [0.29, 0.717) is 25.1 Å². The number of anilines is 1. The predicted molar refractivity (Wildman–Crippen MR) is 62.4 cm³/mol. The number of hydrogen-bond acceptors (Lipinski definition) is 3. The minimum absolute atomic E-state index is 0. The number of nitrogens with one attached hydrogen (secondary N) is 1. The first-order valence-corrected chi connectivity index (χ1v) is 4.92. The Balaban J connectivity index is 0.00000256. The summed E-state index contributed by atoms with van der Waals surface area (Å²) in [5, 5.41) is 6.23. The fraction of sp³-hybridized carbons (Fsp3) is 0.556. The Labute approximate surface area is 104 Å². The summed E-state index contributed by atoms with van der Waals surface area (Å²) in [6.45, 7) is -0.0310. The molecule has 0 aliphatic rings. The summed E-state index contributed by atoms with van der Waals surface area (Å²) in [6, 6.07) is 0. The van der Waals surface area contributed by atoms with Crippen LogP contribution in [0, 0.1) is 0 Å². The number of alkyl halides is 2. The van der Waals surface area contributed by atoms with E-state index in [1.165, 1.54) is 12.4 Å². The van der Waals surface area contributed by atoms with E-state index in [9.17, 15) is 13.6 Å². The number of hydrogen-bond donors (Lipinski definition) is 2. The van der Waals surface area contributed by atoms with Crippen molar-refractivity contribution in [3.8, 4) is 0 Å². The normalized spacial score (nSPS) is 10.1. The lowest BCUT2D eigenvalue weighted by Gasteiger charge is -2.01. The topological polar surface area (TPSA) is 72.9 Å². The molecule has 98 valence electrons. The Bertz CT molecular complexity index is 345. The average molecular weight is 269 g/mol. The molecule has 0 saturated heterocycles. The summed E-state index contributed by atoms with van der Waals surface area (Å²) in [5.41, 5.74) is 5.67. The molecule has 1 rings (SSSR count). The first kappa shape index (κ1) is 15.8. The van der Waals surface area contributed by atoms with Crippen molar-refractivity contribution in [2.75, 3.05) is 11.9 Å². The molecular weight excluding hydrogens is 254 g/mol. The van der Waals surface area contributed by atoms with Crippen LogP contribution in [-0.2, 0) is 11.3 Å². The minimum atomic E-state index is -2.46. The Morgan fingerprint density at radius 1 is 1.59 bits per heavy atom. The van der Waals surface area contributed by atoms with E-state index < -0.39 is 13.0 Å². The molecule has 1 amide bonds. The monoisotopic (exact) mass is 268 g/mol. The van der Waals surface area contributed by atoms with Gasteiger partial charge in [0.2, 0.25) is 5.91 Å². The van der Waals surface area contributed by atoms with Crippen LogP contribution in [0.1, 0.15) is 12.8 Å². The van der Waals surface area contributed by atoms with Crippen LogP contribution in [0.25, 0.3) is 0 Å². The van der Waals surface area contributed by atoms with Crippen LogP contribution < -0.4 is 11.1 Å². The van der Waals surface area contributed by atoms with Crippen molar-refractivity contribution in [1.82, 2.24) is 9.78 Å². The van der Waals surface area contributed by atoms with Gasteiger partial charge in [0.15, 0.2) is 0 Å². The van der Waals surface area contributed by atoms with Crippen molar-refractivity contribution < 1.29 is 13.6 Å². The van der Waals surface area contributed by atoms with Crippen LogP contribution in [0.2, 0.25) is 0 Å². The first-order chi connectivity index (χ1) is 7.61. The molecule has 8 heteroatoms. The summed E-state index contributed by atoms with van der Waals surface area (Å²) in [6.07, 6.45) is 1.16. The van der Waals surface area contributed by atoms with E-state index in [1.54, 1.807) is 0 Å². The summed E-state index contributed by atoms with van der Waals surface area (Å²) in [7, 11) is 0. The molecule has 0 aliphatic heterocycles. The lowest BCUT2D eigenvalue weighted by molar-refractivity contribution is -0.116. The molecule has 1 aromatic heterocycles. The number of amides is 1. The predicted octanol–water partition coefficient (Wildman–Crippen LogP) is 1.25. The molecule has 1 aromatic rings. The Morgan fingerprint density at radius 3 is 2.88 bits per heavy atom. The standard InChI is InChI=1S/C9H14F2N4O.ClH/c10-8(11)6-15-5-7(4-13-15)14-9(16)2-1-3-12;/h4-5,8H,1-3,6,12H2,(H,14,16);1H. The molecule has 0 aromatic carbocycles. The average Bonchev–Trinajstić information content (AvgIpc) is 2.61. The maximum absolute atomic E-state index is 12.0. The second-order valence-electron chi connectivity index (χ2n) is 3.28. The highest BCUT2D eigenvalue weighted by molar-refractivity contribution is 5.90.